The normalized spacial score (nSPS) is 10.7. The lowest BCUT2D eigenvalue weighted by Crippen LogP contribution is -2.17. The molecule has 0 saturated heterocycles. The highest BCUT2D eigenvalue weighted by Gasteiger charge is 2.09. The highest BCUT2D eigenvalue weighted by molar-refractivity contribution is 5.80. The largest absolute Gasteiger partial charge is 0.382 e. The summed E-state index contributed by atoms with van der Waals surface area (Å²) < 4.78 is 0. The van der Waals surface area contributed by atoms with Crippen LogP contribution in [0.1, 0.15) is 21.9 Å². The van der Waals surface area contributed by atoms with Crippen molar-refractivity contribution in [3.8, 4) is 0 Å². The van der Waals surface area contributed by atoms with Crippen LogP contribution >= 0.6 is 0 Å². The Bertz CT molecular complexity index is 862. The average Bonchev–Trinajstić information content (AvgIpc) is 2.55. The van der Waals surface area contributed by atoms with Gasteiger partial charge >= 0.3 is 0 Å². The molecule has 3 rings (SSSR count). The Hall–Kier alpha value is -3.09. The van der Waals surface area contributed by atoms with Crippen LogP contribution in [0.2, 0.25) is 0 Å². The number of hydrogen-bond acceptors (Lipinski definition) is 7. The van der Waals surface area contributed by atoms with Crippen molar-refractivity contribution in [2.45, 2.75) is 13.5 Å². The van der Waals surface area contributed by atoms with E-state index in [1.54, 1.807) is 25.3 Å². The van der Waals surface area contributed by atoms with Crippen molar-refractivity contribution in [2.75, 3.05) is 17.7 Å². The Kier molecular flexibility index (Phi) is 3.84. The van der Waals surface area contributed by atoms with Crippen molar-refractivity contribution in [2.24, 2.45) is 0 Å². The molecule has 0 aliphatic carbocycles. The molecule has 7 heteroatoms. The first-order valence-electron chi connectivity index (χ1n) is 7.09. The quantitative estimate of drug-likeness (QED) is 0.733. The number of hydrogen-bond donors (Lipinski definition) is 1. The van der Waals surface area contributed by atoms with E-state index in [0.717, 1.165) is 17.7 Å². The van der Waals surface area contributed by atoms with Gasteiger partial charge in [-0.25, -0.2) is 19.9 Å². The molecule has 7 nitrogen and oxygen atoms in total. The van der Waals surface area contributed by atoms with Gasteiger partial charge in [0.2, 0.25) is 0 Å². The Balaban J connectivity index is 1.86. The first-order valence-corrected chi connectivity index (χ1v) is 7.09. The fourth-order valence-corrected chi connectivity index (χ4v) is 2.30. The van der Waals surface area contributed by atoms with Crippen LogP contribution in [0.4, 0.5) is 11.5 Å². The summed E-state index contributed by atoms with van der Waals surface area (Å²) in [6.07, 6.45) is 2.51. The molecule has 0 bridgehead atoms. The van der Waals surface area contributed by atoms with Gasteiger partial charge in [-0.15, -0.1) is 0 Å². The zero-order valence-electron chi connectivity index (χ0n) is 12.9. The molecule has 23 heavy (non-hydrogen) atoms. The van der Waals surface area contributed by atoms with Crippen LogP contribution in [0.15, 0.2) is 30.5 Å². The van der Waals surface area contributed by atoms with E-state index in [1.165, 1.54) is 0 Å². The number of benzene rings is 1. The number of nitrogens with zero attached hydrogens (tertiary/aromatic N) is 5. The van der Waals surface area contributed by atoms with Gasteiger partial charge in [-0.2, -0.15) is 0 Å². The summed E-state index contributed by atoms with van der Waals surface area (Å²) >= 11 is 0. The maximum atomic E-state index is 10.7. The third-order valence-electron chi connectivity index (χ3n) is 3.46. The van der Waals surface area contributed by atoms with E-state index < -0.39 is 0 Å². The third-order valence-corrected chi connectivity index (χ3v) is 3.46. The molecule has 2 N–H and O–H groups in total. The number of fused-ring (bicyclic) bond motifs is 1. The number of aromatic nitrogens is 4. The minimum atomic E-state index is 0.333. The van der Waals surface area contributed by atoms with Crippen molar-refractivity contribution in [3.63, 3.8) is 0 Å². The number of carbonyl (C=O) groups is 1. The van der Waals surface area contributed by atoms with Crippen LogP contribution in [0.3, 0.4) is 0 Å². The van der Waals surface area contributed by atoms with Gasteiger partial charge in [0, 0.05) is 18.3 Å². The van der Waals surface area contributed by atoms with Crippen LogP contribution < -0.4 is 10.6 Å². The first-order chi connectivity index (χ1) is 11.1. The average molecular weight is 308 g/mol. The molecular weight excluding hydrogens is 292 g/mol. The molecule has 1 aromatic carbocycles. The van der Waals surface area contributed by atoms with Gasteiger partial charge in [-0.1, -0.05) is 0 Å². The minimum Gasteiger partial charge on any atom is -0.382 e. The predicted octanol–water partition coefficient (Wildman–Crippen LogP) is 1.76. The standard InChI is InChI=1S/C16H16N6O/c1-10-19-15(17)14-16(20-10)18-7-12(21-14)8-22(2)13-5-3-11(9-23)4-6-13/h3-7,9H,8H2,1-2H3,(H2,17,18,19,20). The van der Waals surface area contributed by atoms with Gasteiger partial charge in [0.1, 0.15) is 12.1 Å². The van der Waals surface area contributed by atoms with Crippen LogP contribution in [-0.4, -0.2) is 33.3 Å². The van der Waals surface area contributed by atoms with E-state index in [-0.39, 0.29) is 0 Å². The number of carbonyl (C=O) groups excluding carboxylic acids is 1. The molecule has 116 valence electrons. The monoisotopic (exact) mass is 308 g/mol. The summed E-state index contributed by atoms with van der Waals surface area (Å²) in [5.74, 6) is 0.907. The molecule has 0 unspecified atom stereocenters. The zero-order valence-corrected chi connectivity index (χ0v) is 12.9. The summed E-state index contributed by atoms with van der Waals surface area (Å²) in [7, 11) is 1.94. The molecule has 0 fully saturated rings. The van der Waals surface area contributed by atoms with Gasteiger partial charge in [0.25, 0.3) is 0 Å². The Morgan fingerprint density at radius 3 is 2.61 bits per heavy atom. The van der Waals surface area contributed by atoms with Crippen molar-refractivity contribution in [1.29, 1.82) is 0 Å². The van der Waals surface area contributed by atoms with Gasteiger partial charge in [-0.3, -0.25) is 4.79 Å². The molecular formula is C16H16N6O. The molecule has 0 aliphatic rings. The second-order valence-electron chi connectivity index (χ2n) is 5.26. The Labute approximate surface area is 133 Å². The summed E-state index contributed by atoms with van der Waals surface area (Å²) in [4.78, 5) is 29.9. The molecule has 0 aliphatic heterocycles. The summed E-state index contributed by atoms with van der Waals surface area (Å²) in [6.45, 7) is 2.32. The van der Waals surface area contributed by atoms with Crippen LogP contribution in [0, 0.1) is 6.92 Å². The number of nitrogen functional groups attached to an aromatic ring is 1. The topological polar surface area (TPSA) is 97.9 Å². The van der Waals surface area contributed by atoms with E-state index in [9.17, 15) is 4.79 Å². The second kappa shape index (κ2) is 5.96. The Morgan fingerprint density at radius 1 is 1.17 bits per heavy atom. The van der Waals surface area contributed by atoms with Crippen molar-refractivity contribution >= 4 is 29.0 Å². The van der Waals surface area contributed by atoms with Gasteiger partial charge in [0.15, 0.2) is 17.0 Å². The fourth-order valence-electron chi connectivity index (χ4n) is 2.30. The molecule has 0 saturated carbocycles. The van der Waals surface area contributed by atoms with Crippen LogP contribution in [-0.2, 0) is 6.54 Å². The van der Waals surface area contributed by atoms with E-state index in [4.69, 9.17) is 5.73 Å². The smallest absolute Gasteiger partial charge is 0.183 e. The van der Waals surface area contributed by atoms with Gasteiger partial charge < -0.3 is 10.6 Å². The number of anilines is 2. The van der Waals surface area contributed by atoms with Gasteiger partial charge in [0.05, 0.1) is 18.4 Å². The molecule has 0 atom stereocenters. The van der Waals surface area contributed by atoms with E-state index >= 15 is 0 Å². The number of rotatable bonds is 4. The maximum absolute atomic E-state index is 10.7. The number of aldehydes is 1. The lowest BCUT2D eigenvalue weighted by molar-refractivity contribution is 0.112. The van der Waals surface area contributed by atoms with Crippen LogP contribution in [0.25, 0.3) is 11.2 Å². The predicted molar refractivity (Wildman–Crippen MR) is 88.2 cm³/mol. The number of nitrogens with two attached hydrogens (primary N) is 1. The van der Waals surface area contributed by atoms with Crippen molar-refractivity contribution in [3.05, 3.63) is 47.5 Å². The zero-order chi connectivity index (χ0) is 16.4. The summed E-state index contributed by atoms with van der Waals surface area (Å²) in [5, 5.41) is 0. The van der Waals surface area contributed by atoms with Crippen molar-refractivity contribution < 1.29 is 4.79 Å². The van der Waals surface area contributed by atoms with E-state index in [1.807, 2.05) is 24.1 Å². The molecule has 0 spiro atoms. The fraction of sp³-hybridized carbons (Fsp3) is 0.188. The lowest BCUT2D eigenvalue weighted by Gasteiger charge is -2.19. The molecule has 0 amide bonds. The number of aryl methyl sites for hydroxylation is 1. The van der Waals surface area contributed by atoms with Crippen molar-refractivity contribution in [1.82, 2.24) is 19.9 Å². The molecule has 2 heterocycles. The minimum absolute atomic E-state index is 0.333. The summed E-state index contributed by atoms with van der Waals surface area (Å²) in [6, 6.07) is 7.33. The van der Waals surface area contributed by atoms with Crippen LogP contribution in [0.5, 0.6) is 0 Å². The van der Waals surface area contributed by atoms with E-state index in [2.05, 4.69) is 19.9 Å². The maximum Gasteiger partial charge on any atom is 0.183 e. The second-order valence-corrected chi connectivity index (χ2v) is 5.26. The highest BCUT2D eigenvalue weighted by Crippen LogP contribution is 2.17. The molecule has 2 aromatic heterocycles. The summed E-state index contributed by atoms with van der Waals surface area (Å²) in [5.41, 5.74) is 9.29. The van der Waals surface area contributed by atoms with E-state index in [0.29, 0.717) is 34.9 Å². The third kappa shape index (κ3) is 3.08. The Morgan fingerprint density at radius 2 is 1.91 bits per heavy atom. The van der Waals surface area contributed by atoms with Gasteiger partial charge in [-0.05, 0) is 31.2 Å². The lowest BCUT2D eigenvalue weighted by atomic mass is 10.2. The first kappa shape index (κ1) is 14.8. The highest BCUT2D eigenvalue weighted by atomic mass is 16.1. The SMILES string of the molecule is Cc1nc(N)c2nc(CN(C)c3ccc(C=O)cc3)cnc2n1. The molecule has 0 radical (unpaired) electrons. The molecule has 3 aromatic rings.